The molecular weight excluding hydrogens is 136 g/mol. The largest absolute Gasteiger partial charge is 0.301 e. The smallest absolute Gasteiger partial charge is 0.0192 e. The van der Waals surface area contributed by atoms with Gasteiger partial charge in [0, 0.05) is 32.2 Å². The van der Waals surface area contributed by atoms with Gasteiger partial charge < -0.3 is 4.90 Å². The molecule has 11 heavy (non-hydrogen) atoms. The van der Waals surface area contributed by atoms with Crippen molar-refractivity contribution in [3.63, 3.8) is 0 Å². The lowest BCUT2D eigenvalue weighted by atomic mass is 10.2. The van der Waals surface area contributed by atoms with Crippen molar-refractivity contribution in [2.75, 3.05) is 33.2 Å². The first kappa shape index (κ1) is 8.75. The number of piperazine rings is 1. The van der Waals surface area contributed by atoms with Crippen LogP contribution in [-0.2, 0) is 0 Å². The van der Waals surface area contributed by atoms with Crippen LogP contribution in [0.15, 0.2) is 12.7 Å². The lowest BCUT2D eigenvalue weighted by Crippen LogP contribution is -2.49. The Morgan fingerprint density at radius 1 is 1.55 bits per heavy atom. The molecule has 0 saturated carbocycles. The van der Waals surface area contributed by atoms with E-state index in [1.807, 2.05) is 6.08 Å². The summed E-state index contributed by atoms with van der Waals surface area (Å²) in [5.41, 5.74) is 0. The zero-order chi connectivity index (χ0) is 8.27. The molecule has 1 aliphatic rings. The van der Waals surface area contributed by atoms with Crippen molar-refractivity contribution in [3.05, 3.63) is 12.7 Å². The second-order valence-electron chi connectivity index (χ2n) is 3.38. The summed E-state index contributed by atoms with van der Waals surface area (Å²) in [7, 11) is 2.19. The lowest BCUT2D eigenvalue weighted by molar-refractivity contribution is 0.114. The minimum Gasteiger partial charge on any atom is -0.301 e. The fourth-order valence-electron chi connectivity index (χ4n) is 1.47. The molecule has 0 aromatic carbocycles. The third-order valence-corrected chi connectivity index (χ3v) is 2.43. The van der Waals surface area contributed by atoms with Gasteiger partial charge in [0.15, 0.2) is 0 Å². The predicted molar refractivity (Wildman–Crippen MR) is 48.7 cm³/mol. The molecule has 0 unspecified atom stereocenters. The molecule has 1 saturated heterocycles. The average molecular weight is 154 g/mol. The van der Waals surface area contributed by atoms with Crippen LogP contribution in [0.25, 0.3) is 0 Å². The van der Waals surface area contributed by atoms with Crippen molar-refractivity contribution in [1.82, 2.24) is 9.80 Å². The van der Waals surface area contributed by atoms with Gasteiger partial charge in [0.25, 0.3) is 0 Å². The molecule has 64 valence electrons. The molecule has 0 aromatic heterocycles. The molecule has 1 fully saturated rings. The van der Waals surface area contributed by atoms with Gasteiger partial charge in [0.1, 0.15) is 0 Å². The third kappa shape index (κ3) is 2.31. The Kier molecular flexibility index (Phi) is 3.09. The van der Waals surface area contributed by atoms with E-state index in [-0.39, 0.29) is 0 Å². The van der Waals surface area contributed by atoms with E-state index < -0.39 is 0 Å². The van der Waals surface area contributed by atoms with Crippen molar-refractivity contribution in [1.29, 1.82) is 0 Å². The van der Waals surface area contributed by atoms with E-state index >= 15 is 0 Å². The number of hydrogen-bond acceptors (Lipinski definition) is 2. The zero-order valence-electron chi connectivity index (χ0n) is 7.58. The topological polar surface area (TPSA) is 6.48 Å². The first-order chi connectivity index (χ1) is 5.24. The molecule has 0 amide bonds. The molecule has 0 spiro atoms. The van der Waals surface area contributed by atoms with Crippen molar-refractivity contribution in [2.45, 2.75) is 13.0 Å². The highest BCUT2D eigenvalue weighted by Crippen LogP contribution is 2.05. The first-order valence-electron chi connectivity index (χ1n) is 4.27. The lowest BCUT2D eigenvalue weighted by Gasteiger charge is -2.37. The summed E-state index contributed by atoms with van der Waals surface area (Å²) in [5, 5.41) is 0. The maximum atomic E-state index is 3.74. The molecule has 0 aliphatic carbocycles. The van der Waals surface area contributed by atoms with Crippen molar-refractivity contribution >= 4 is 0 Å². The molecule has 1 heterocycles. The van der Waals surface area contributed by atoms with Gasteiger partial charge >= 0.3 is 0 Å². The highest BCUT2D eigenvalue weighted by Gasteiger charge is 2.18. The van der Waals surface area contributed by atoms with E-state index in [0.29, 0.717) is 6.04 Å². The first-order valence-corrected chi connectivity index (χ1v) is 4.27. The maximum absolute atomic E-state index is 3.74. The Bertz CT molecular complexity index is 134. The highest BCUT2D eigenvalue weighted by atomic mass is 15.3. The standard InChI is InChI=1S/C9H18N2/c1-4-5-11-7-6-10(3)9(2)8-11/h4,9H,1,5-8H2,2-3H3/t9-/m0/s1. The summed E-state index contributed by atoms with van der Waals surface area (Å²) in [6, 6.07) is 0.698. The van der Waals surface area contributed by atoms with E-state index in [1.165, 1.54) is 19.6 Å². The Labute approximate surface area is 69.5 Å². The van der Waals surface area contributed by atoms with Crippen LogP contribution in [0.1, 0.15) is 6.92 Å². The quantitative estimate of drug-likeness (QED) is 0.543. The summed E-state index contributed by atoms with van der Waals surface area (Å²) >= 11 is 0. The monoisotopic (exact) mass is 154 g/mol. The minimum absolute atomic E-state index is 0.698. The summed E-state index contributed by atoms with van der Waals surface area (Å²) in [5.74, 6) is 0. The van der Waals surface area contributed by atoms with E-state index in [0.717, 1.165) is 6.54 Å². The van der Waals surface area contributed by atoms with Crippen LogP contribution in [-0.4, -0.2) is 49.1 Å². The maximum Gasteiger partial charge on any atom is 0.0192 e. The number of hydrogen-bond donors (Lipinski definition) is 0. The second kappa shape index (κ2) is 3.88. The molecule has 1 rings (SSSR count). The molecular formula is C9H18N2. The number of likely N-dealkylation sites (N-methyl/N-ethyl adjacent to an activating group) is 1. The Morgan fingerprint density at radius 2 is 2.27 bits per heavy atom. The normalized spacial score (nSPS) is 28.7. The molecule has 0 aromatic rings. The zero-order valence-corrected chi connectivity index (χ0v) is 7.58. The van der Waals surface area contributed by atoms with E-state index in [9.17, 15) is 0 Å². The van der Waals surface area contributed by atoms with Gasteiger partial charge in [-0.2, -0.15) is 0 Å². The summed E-state index contributed by atoms with van der Waals surface area (Å²) in [4.78, 5) is 4.84. The number of nitrogens with zero attached hydrogens (tertiary/aromatic N) is 2. The highest BCUT2D eigenvalue weighted by molar-refractivity contribution is 4.81. The van der Waals surface area contributed by atoms with Crippen LogP contribution in [0.2, 0.25) is 0 Å². The Balaban J connectivity index is 2.33. The van der Waals surface area contributed by atoms with Gasteiger partial charge in [-0.25, -0.2) is 0 Å². The molecule has 0 N–H and O–H groups in total. The fraction of sp³-hybridized carbons (Fsp3) is 0.778. The van der Waals surface area contributed by atoms with Gasteiger partial charge in [-0.15, -0.1) is 6.58 Å². The van der Waals surface area contributed by atoms with Crippen LogP contribution < -0.4 is 0 Å². The van der Waals surface area contributed by atoms with E-state index in [4.69, 9.17) is 0 Å². The van der Waals surface area contributed by atoms with Crippen molar-refractivity contribution in [2.24, 2.45) is 0 Å². The summed E-state index contributed by atoms with van der Waals surface area (Å²) < 4.78 is 0. The summed E-state index contributed by atoms with van der Waals surface area (Å²) in [6.07, 6.45) is 1.98. The van der Waals surface area contributed by atoms with Crippen LogP contribution >= 0.6 is 0 Å². The van der Waals surface area contributed by atoms with Gasteiger partial charge in [-0.1, -0.05) is 6.08 Å². The van der Waals surface area contributed by atoms with Gasteiger partial charge in [0.05, 0.1) is 0 Å². The van der Waals surface area contributed by atoms with E-state index in [1.54, 1.807) is 0 Å². The minimum atomic E-state index is 0.698. The van der Waals surface area contributed by atoms with Crippen LogP contribution in [0, 0.1) is 0 Å². The Hall–Kier alpha value is -0.340. The fourth-order valence-corrected chi connectivity index (χ4v) is 1.47. The van der Waals surface area contributed by atoms with Crippen molar-refractivity contribution < 1.29 is 0 Å². The average Bonchev–Trinajstić information content (AvgIpc) is 1.98. The van der Waals surface area contributed by atoms with Crippen LogP contribution in [0.4, 0.5) is 0 Å². The molecule has 0 radical (unpaired) electrons. The van der Waals surface area contributed by atoms with Crippen LogP contribution in [0.3, 0.4) is 0 Å². The van der Waals surface area contributed by atoms with Crippen LogP contribution in [0.5, 0.6) is 0 Å². The summed E-state index contributed by atoms with van der Waals surface area (Å²) in [6.45, 7) is 10.6. The molecule has 2 nitrogen and oxygen atoms in total. The van der Waals surface area contributed by atoms with Gasteiger partial charge in [-0.3, -0.25) is 4.90 Å². The number of rotatable bonds is 2. The Morgan fingerprint density at radius 3 is 2.82 bits per heavy atom. The predicted octanol–water partition coefficient (Wildman–Crippen LogP) is 0.808. The second-order valence-corrected chi connectivity index (χ2v) is 3.38. The van der Waals surface area contributed by atoms with Crippen molar-refractivity contribution in [3.8, 4) is 0 Å². The SMILES string of the molecule is C=CCN1CCN(C)[C@@H](C)C1. The molecule has 1 atom stereocenters. The van der Waals surface area contributed by atoms with Gasteiger partial charge in [0.2, 0.25) is 0 Å². The van der Waals surface area contributed by atoms with Gasteiger partial charge in [-0.05, 0) is 14.0 Å². The molecule has 2 heteroatoms. The van der Waals surface area contributed by atoms with E-state index in [2.05, 4.69) is 30.4 Å². The third-order valence-electron chi connectivity index (χ3n) is 2.43. The molecule has 1 aliphatic heterocycles. The molecule has 0 bridgehead atoms.